The summed E-state index contributed by atoms with van der Waals surface area (Å²) in [5.74, 6) is 0.625. The SMILES string of the molecule is CCCNC(C)c1ccc(OC(C)C(=O)NC(C)C)cc1. The molecule has 21 heavy (non-hydrogen) atoms. The molecule has 1 aromatic rings. The minimum absolute atomic E-state index is 0.0907. The van der Waals surface area contributed by atoms with Crippen LogP contribution in [0.2, 0.25) is 0 Å². The number of carbonyl (C=O) groups excluding carboxylic acids is 1. The molecule has 2 unspecified atom stereocenters. The maximum Gasteiger partial charge on any atom is 0.260 e. The van der Waals surface area contributed by atoms with E-state index in [2.05, 4.69) is 24.5 Å². The Bertz CT molecular complexity index is 429. The Morgan fingerprint density at radius 1 is 1.14 bits per heavy atom. The van der Waals surface area contributed by atoms with Crippen molar-refractivity contribution in [3.05, 3.63) is 29.8 Å². The van der Waals surface area contributed by atoms with Crippen LogP contribution in [0.1, 0.15) is 52.6 Å². The van der Waals surface area contributed by atoms with Crippen LogP contribution < -0.4 is 15.4 Å². The zero-order valence-corrected chi connectivity index (χ0v) is 13.8. The highest BCUT2D eigenvalue weighted by atomic mass is 16.5. The predicted octanol–water partition coefficient (Wildman–Crippen LogP) is 3.04. The summed E-state index contributed by atoms with van der Waals surface area (Å²) in [7, 11) is 0. The van der Waals surface area contributed by atoms with Gasteiger partial charge in [-0.15, -0.1) is 0 Å². The Hall–Kier alpha value is -1.55. The fourth-order valence-electron chi connectivity index (χ4n) is 1.97. The zero-order valence-electron chi connectivity index (χ0n) is 13.8. The van der Waals surface area contributed by atoms with Crippen LogP contribution in [-0.4, -0.2) is 24.6 Å². The molecular weight excluding hydrogens is 264 g/mol. The van der Waals surface area contributed by atoms with Gasteiger partial charge in [-0.2, -0.15) is 0 Å². The third kappa shape index (κ3) is 6.17. The van der Waals surface area contributed by atoms with E-state index in [0.29, 0.717) is 11.8 Å². The Morgan fingerprint density at radius 2 is 1.76 bits per heavy atom. The molecule has 0 aliphatic rings. The minimum Gasteiger partial charge on any atom is -0.481 e. The quantitative estimate of drug-likeness (QED) is 0.774. The van der Waals surface area contributed by atoms with Gasteiger partial charge in [-0.1, -0.05) is 19.1 Å². The molecule has 0 spiro atoms. The van der Waals surface area contributed by atoms with Crippen molar-refractivity contribution >= 4 is 5.91 Å². The van der Waals surface area contributed by atoms with Crippen LogP contribution >= 0.6 is 0 Å². The highest BCUT2D eigenvalue weighted by Crippen LogP contribution is 2.18. The van der Waals surface area contributed by atoms with Crippen LogP contribution in [0.5, 0.6) is 5.75 Å². The number of hydrogen-bond donors (Lipinski definition) is 2. The van der Waals surface area contributed by atoms with Gasteiger partial charge in [-0.25, -0.2) is 0 Å². The molecule has 2 N–H and O–H groups in total. The summed E-state index contributed by atoms with van der Waals surface area (Å²) in [6.07, 6.45) is 0.627. The van der Waals surface area contributed by atoms with Gasteiger partial charge in [-0.05, 0) is 58.4 Å². The van der Waals surface area contributed by atoms with Crippen LogP contribution in [-0.2, 0) is 4.79 Å². The first-order valence-corrected chi connectivity index (χ1v) is 7.74. The van der Waals surface area contributed by atoms with Gasteiger partial charge >= 0.3 is 0 Å². The number of rotatable bonds is 8. The number of ether oxygens (including phenoxy) is 1. The molecule has 0 aliphatic heterocycles. The van der Waals surface area contributed by atoms with Crippen molar-refractivity contribution in [1.82, 2.24) is 10.6 Å². The third-order valence-electron chi connectivity index (χ3n) is 3.19. The zero-order chi connectivity index (χ0) is 15.8. The van der Waals surface area contributed by atoms with E-state index in [1.807, 2.05) is 38.1 Å². The van der Waals surface area contributed by atoms with Crippen molar-refractivity contribution in [2.24, 2.45) is 0 Å². The number of amides is 1. The van der Waals surface area contributed by atoms with E-state index in [1.54, 1.807) is 6.92 Å². The fraction of sp³-hybridized carbons (Fsp3) is 0.588. The van der Waals surface area contributed by atoms with Gasteiger partial charge < -0.3 is 15.4 Å². The normalized spacial score (nSPS) is 13.8. The largest absolute Gasteiger partial charge is 0.481 e. The van der Waals surface area contributed by atoms with Gasteiger partial charge in [0.15, 0.2) is 6.10 Å². The third-order valence-corrected chi connectivity index (χ3v) is 3.19. The lowest BCUT2D eigenvalue weighted by molar-refractivity contribution is -0.127. The molecule has 0 saturated carbocycles. The van der Waals surface area contributed by atoms with Gasteiger partial charge in [0.05, 0.1) is 0 Å². The summed E-state index contributed by atoms with van der Waals surface area (Å²) in [5, 5.41) is 6.29. The average molecular weight is 292 g/mol. The average Bonchev–Trinajstić information content (AvgIpc) is 2.44. The van der Waals surface area contributed by atoms with Crippen molar-refractivity contribution in [1.29, 1.82) is 0 Å². The molecule has 2 atom stereocenters. The summed E-state index contributed by atoms with van der Waals surface area (Å²) in [4.78, 5) is 11.8. The Morgan fingerprint density at radius 3 is 2.29 bits per heavy atom. The van der Waals surface area contributed by atoms with Crippen LogP contribution in [0, 0.1) is 0 Å². The Balaban J connectivity index is 2.56. The molecule has 1 amide bonds. The van der Waals surface area contributed by atoms with Crippen molar-refractivity contribution in [2.75, 3.05) is 6.54 Å². The summed E-state index contributed by atoms with van der Waals surface area (Å²) in [6.45, 7) is 10.9. The lowest BCUT2D eigenvalue weighted by Gasteiger charge is -2.17. The van der Waals surface area contributed by atoms with Gasteiger partial charge in [0, 0.05) is 12.1 Å². The molecule has 118 valence electrons. The van der Waals surface area contributed by atoms with E-state index >= 15 is 0 Å². The monoisotopic (exact) mass is 292 g/mol. The summed E-state index contributed by atoms with van der Waals surface area (Å²) >= 11 is 0. The standard InChI is InChI=1S/C17H28N2O2/c1-6-11-18-13(4)15-7-9-16(10-8-15)21-14(5)17(20)19-12(2)3/h7-10,12-14,18H,6,11H2,1-5H3,(H,19,20). The number of carbonyl (C=O) groups is 1. The van der Waals surface area contributed by atoms with E-state index in [9.17, 15) is 4.79 Å². The maximum absolute atomic E-state index is 11.8. The van der Waals surface area contributed by atoms with E-state index in [-0.39, 0.29) is 11.9 Å². The molecule has 0 radical (unpaired) electrons. The first kappa shape index (κ1) is 17.5. The molecule has 0 saturated heterocycles. The van der Waals surface area contributed by atoms with Crippen LogP contribution in [0.15, 0.2) is 24.3 Å². The predicted molar refractivity (Wildman–Crippen MR) is 86.5 cm³/mol. The highest BCUT2D eigenvalue weighted by molar-refractivity contribution is 5.80. The second-order valence-corrected chi connectivity index (χ2v) is 5.67. The van der Waals surface area contributed by atoms with E-state index in [1.165, 1.54) is 5.56 Å². The fourth-order valence-corrected chi connectivity index (χ4v) is 1.97. The molecule has 0 bridgehead atoms. The molecule has 0 heterocycles. The molecule has 0 fully saturated rings. The lowest BCUT2D eigenvalue weighted by atomic mass is 10.1. The second-order valence-electron chi connectivity index (χ2n) is 5.67. The van der Waals surface area contributed by atoms with Gasteiger partial charge in [-0.3, -0.25) is 4.79 Å². The number of hydrogen-bond acceptors (Lipinski definition) is 3. The first-order valence-electron chi connectivity index (χ1n) is 7.74. The number of nitrogens with one attached hydrogen (secondary N) is 2. The molecule has 4 heteroatoms. The molecule has 4 nitrogen and oxygen atoms in total. The summed E-state index contributed by atoms with van der Waals surface area (Å²) in [6, 6.07) is 8.35. The van der Waals surface area contributed by atoms with Crippen molar-refractivity contribution in [3.63, 3.8) is 0 Å². The van der Waals surface area contributed by atoms with Crippen LogP contribution in [0.4, 0.5) is 0 Å². The van der Waals surface area contributed by atoms with Gasteiger partial charge in [0.25, 0.3) is 5.91 Å². The molecule has 1 aromatic carbocycles. The van der Waals surface area contributed by atoms with E-state index in [4.69, 9.17) is 4.74 Å². The maximum atomic E-state index is 11.8. The molecule has 0 aromatic heterocycles. The molecule has 0 aliphatic carbocycles. The number of benzene rings is 1. The highest BCUT2D eigenvalue weighted by Gasteiger charge is 2.15. The molecular formula is C17H28N2O2. The first-order chi connectivity index (χ1) is 9.93. The van der Waals surface area contributed by atoms with E-state index in [0.717, 1.165) is 13.0 Å². The van der Waals surface area contributed by atoms with Crippen molar-refractivity contribution in [2.45, 2.75) is 59.2 Å². The lowest BCUT2D eigenvalue weighted by Crippen LogP contribution is -2.40. The minimum atomic E-state index is -0.492. The Kier molecular flexibility index (Phi) is 7.23. The molecule has 1 rings (SSSR count). The summed E-state index contributed by atoms with van der Waals surface area (Å²) in [5.41, 5.74) is 1.22. The van der Waals surface area contributed by atoms with Crippen LogP contribution in [0.3, 0.4) is 0 Å². The van der Waals surface area contributed by atoms with E-state index < -0.39 is 6.10 Å². The van der Waals surface area contributed by atoms with Gasteiger partial charge in [0.2, 0.25) is 0 Å². The van der Waals surface area contributed by atoms with Gasteiger partial charge in [0.1, 0.15) is 5.75 Å². The van der Waals surface area contributed by atoms with Crippen molar-refractivity contribution in [3.8, 4) is 5.75 Å². The summed E-state index contributed by atoms with van der Waals surface area (Å²) < 4.78 is 5.66. The van der Waals surface area contributed by atoms with Crippen LogP contribution in [0.25, 0.3) is 0 Å². The Labute approximate surface area is 128 Å². The smallest absolute Gasteiger partial charge is 0.260 e. The second kappa shape index (κ2) is 8.67. The van der Waals surface area contributed by atoms with Crippen molar-refractivity contribution < 1.29 is 9.53 Å². The topological polar surface area (TPSA) is 50.4 Å².